The van der Waals surface area contributed by atoms with Crippen LogP contribution in [0.2, 0.25) is 0 Å². The van der Waals surface area contributed by atoms with E-state index in [1.165, 1.54) is 11.1 Å². The van der Waals surface area contributed by atoms with Crippen molar-refractivity contribution >= 4 is 5.91 Å². The van der Waals surface area contributed by atoms with Crippen molar-refractivity contribution in [2.24, 2.45) is 5.84 Å². The summed E-state index contributed by atoms with van der Waals surface area (Å²) in [5.41, 5.74) is 4.59. The summed E-state index contributed by atoms with van der Waals surface area (Å²) in [6, 6.07) is 6.21. The van der Waals surface area contributed by atoms with Gasteiger partial charge >= 0.3 is 0 Å². The SMILES string of the molecule is COc1ccc(CCCC(=O)NN)cc1C(C)(C)C. The van der Waals surface area contributed by atoms with Gasteiger partial charge in [-0.05, 0) is 35.4 Å². The average Bonchev–Trinajstić information content (AvgIpc) is 2.37. The molecule has 0 spiro atoms. The average molecular weight is 264 g/mol. The lowest BCUT2D eigenvalue weighted by Gasteiger charge is -2.23. The molecule has 0 radical (unpaired) electrons. The number of carbonyl (C=O) groups excluding carboxylic acids is 1. The van der Waals surface area contributed by atoms with Gasteiger partial charge in [0, 0.05) is 6.42 Å². The summed E-state index contributed by atoms with van der Waals surface area (Å²) in [4.78, 5) is 11.1. The molecule has 0 heterocycles. The number of hydrogen-bond acceptors (Lipinski definition) is 3. The third-order valence-electron chi connectivity index (χ3n) is 3.10. The van der Waals surface area contributed by atoms with E-state index in [0.29, 0.717) is 6.42 Å². The molecule has 1 amide bonds. The molecule has 0 unspecified atom stereocenters. The van der Waals surface area contributed by atoms with Crippen LogP contribution >= 0.6 is 0 Å². The molecule has 1 rings (SSSR count). The second-order valence-electron chi connectivity index (χ2n) is 5.71. The van der Waals surface area contributed by atoms with Crippen LogP contribution in [-0.2, 0) is 16.6 Å². The van der Waals surface area contributed by atoms with E-state index in [2.05, 4.69) is 38.3 Å². The molecule has 0 fully saturated rings. The summed E-state index contributed by atoms with van der Waals surface area (Å²) in [7, 11) is 1.69. The standard InChI is InChI=1S/C15H24N2O2/c1-15(2,3)12-10-11(8-9-13(12)19-4)6-5-7-14(18)17-16/h8-10H,5-7,16H2,1-4H3,(H,17,18). The van der Waals surface area contributed by atoms with Gasteiger partial charge < -0.3 is 4.74 Å². The van der Waals surface area contributed by atoms with Gasteiger partial charge in [-0.25, -0.2) is 5.84 Å². The van der Waals surface area contributed by atoms with E-state index in [-0.39, 0.29) is 11.3 Å². The Labute approximate surface area is 115 Å². The van der Waals surface area contributed by atoms with Crippen LogP contribution in [-0.4, -0.2) is 13.0 Å². The number of benzene rings is 1. The van der Waals surface area contributed by atoms with Crippen molar-refractivity contribution in [2.75, 3.05) is 7.11 Å². The number of ether oxygens (including phenoxy) is 1. The van der Waals surface area contributed by atoms with Gasteiger partial charge in [0.2, 0.25) is 5.91 Å². The Balaban J connectivity index is 2.78. The highest BCUT2D eigenvalue weighted by Crippen LogP contribution is 2.32. The molecule has 0 bridgehead atoms. The lowest BCUT2D eigenvalue weighted by molar-refractivity contribution is -0.121. The monoisotopic (exact) mass is 264 g/mol. The number of hydrazine groups is 1. The molecule has 0 aliphatic rings. The van der Waals surface area contributed by atoms with Crippen molar-refractivity contribution in [3.05, 3.63) is 29.3 Å². The minimum absolute atomic E-state index is 0.0377. The van der Waals surface area contributed by atoms with E-state index < -0.39 is 0 Å². The number of carbonyl (C=O) groups is 1. The predicted octanol–water partition coefficient (Wildman–Crippen LogP) is 2.31. The van der Waals surface area contributed by atoms with Crippen LogP contribution in [0.5, 0.6) is 5.75 Å². The zero-order valence-corrected chi connectivity index (χ0v) is 12.2. The number of nitrogens with two attached hydrogens (primary N) is 1. The maximum absolute atomic E-state index is 11.1. The van der Waals surface area contributed by atoms with Gasteiger partial charge in [0.05, 0.1) is 7.11 Å². The Morgan fingerprint density at radius 1 is 1.37 bits per heavy atom. The first-order valence-electron chi connectivity index (χ1n) is 6.55. The van der Waals surface area contributed by atoms with Crippen molar-refractivity contribution in [3.8, 4) is 5.75 Å². The molecule has 1 aromatic carbocycles. The van der Waals surface area contributed by atoms with E-state index in [1.54, 1.807) is 7.11 Å². The third kappa shape index (κ3) is 4.56. The van der Waals surface area contributed by atoms with Gasteiger partial charge in [-0.3, -0.25) is 10.2 Å². The molecule has 0 saturated heterocycles. The minimum Gasteiger partial charge on any atom is -0.496 e. The lowest BCUT2D eigenvalue weighted by Crippen LogP contribution is -2.29. The fourth-order valence-electron chi connectivity index (χ4n) is 2.02. The van der Waals surface area contributed by atoms with Crippen LogP contribution < -0.4 is 16.0 Å². The summed E-state index contributed by atoms with van der Waals surface area (Å²) in [5, 5.41) is 0. The molecule has 4 nitrogen and oxygen atoms in total. The van der Waals surface area contributed by atoms with E-state index in [4.69, 9.17) is 10.6 Å². The maximum atomic E-state index is 11.1. The molecule has 0 aromatic heterocycles. The van der Waals surface area contributed by atoms with Crippen molar-refractivity contribution in [1.82, 2.24) is 5.43 Å². The largest absolute Gasteiger partial charge is 0.496 e. The van der Waals surface area contributed by atoms with Gasteiger partial charge in [0.15, 0.2) is 0 Å². The molecular formula is C15H24N2O2. The Morgan fingerprint density at radius 3 is 2.58 bits per heavy atom. The molecule has 0 atom stereocenters. The summed E-state index contributed by atoms with van der Waals surface area (Å²) >= 11 is 0. The molecule has 0 saturated carbocycles. The zero-order valence-electron chi connectivity index (χ0n) is 12.2. The van der Waals surface area contributed by atoms with Gasteiger partial charge in [-0.15, -0.1) is 0 Å². The van der Waals surface area contributed by atoms with Crippen LogP contribution in [0.25, 0.3) is 0 Å². The molecule has 106 valence electrons. The zero-order chi connectivity index (χ0) is 14.5. The number of hydrogen-bond donors (Lipinski definition) is 2. The topological polar surface area (TPSA) is 64.3 Å². The Kier molecular flexibility index (Phi) is 5.36. The summed E-state index contributed by atoms with van der Waals surface area (Å²) < 4.78 is 5.41. The molecule has 1 aromatic rings. The highest BCUT2D eigenvalue weighted by atomic mass is 16.5. The van der Waals surface area contributed by atoms with E-state index in [1.807, 2.05) is 6.07 Å². The Bertz CT molecular complexity index is 436. The highest BCUT2D eigenvalue weighted by Gasteiger charge is 2.19. The third-order valence-corrected chi connectivity index (χ3v) is 3.10. The minimum atomic E-state index is -0.121. The molecule has 4 heteroatoms. The summed E-state index contributed by atoms with van der Waals surface area (Å²) in [5.74, 6) is 5.85. The van der Waals surface area contributed by atoms with Gasteiger partial charge in [-0.2, -0.15) is 0 Å². The Hall–Kier alpha value is -1.55. The Morgan fingerprint density at radius 2 is 2.05 bits per heavy atom. The number of rotatable bonds is 5. The maximum Gasteiger partial charge on any atom is 0.233 e. The first-order valence-corrected chi connectivity index (χ1v) is 6.55. The van der Waals surface area contributed by atoms with Crippen LogP contribution in [0.15, 0.2) is 18.2 Å². The first kappa shape index (κ1) is 15.5. The summed E-state index contributed by atoms with van der Waals surface area (Å²) in [6.45, 7) is 6.49. The number of aryl methyl sites for hydroxylation is 1. The van der Waals surface area contributed by atoms with Crippen molar-refractivity contribution in [2.45, 2.75) is 45.4 Å². The van der Waals surface area contributed by atoms with Gasteiger partial charge in [0.25, 0.3) is 0 Å². The molecule has 0 aliphatic carbocycles. The smallest absolute Gasteiger partial charge is 0.233 e. The van der Waals surface area contributed by atoms with Gasteiger partial charge in [-0.1, -0.05) is 32.9 Å². The van der Waals surface area contributed by atoms with Gasteiger partial charge in [0.1, 0.15) is 5.75 Å². The fraction of sp³-hybridized carbons (Fsp3) is 0.533. The second-order valence-corrected chi connectivity index (χ2v) is 5.71. The molecule has 19 heavy (non-hydrogen) atoms. The molecule has 3 N–H and O–H groups in total. The van der Waals surface area contributed by atoms with Crippen LogP contribution in [0.3, 0.4) is 0 Å². The number of nitrogens with one attached hydrogen (secondary N) is 1. The van der Waals surface area contributed by atoms with Crippen molar-refractivity contribution in [1.29, 1.82) is 0 Å². The lowest BCUT2D eigenvalue weighted by atomic mass is 9.85. The number of methoxy groups -OCH3 is 1. The predicted molar refractivity (Wildman–Crippen MR) is 77.0 cm³/mol. The highest BCUT2D eigenvalue weighted by molar-refractivity contribution is 5.75. The van der Waals surface area contributed by atoms with E-state index >= 15 is 0 Å². The fourth-order valence-corrected chi connectivity index (χ4v) is 2.02. The van der Waals surface area contributed by atoms with Crippen molar-refractivity contribution in [3.63, 3.8) is 0 Å². The van der Waals surface area contributed by atoms with E-state index in [9.17, 15) is 4.79 Å². The molecular weight excluding hydrogens is 240 g/mol. The van der Waals surface area contributed by atoms with E-state index in [0.717, 1.165) is 18.6 Å². The van der Waals surface area contributed by atoms with Crippen LogP contribution in [0, 0.1) is 0 Å². The normalized spacial score (nSPS) is 11.2. The quantitative estimate of drug-likeness (QED) is 0.487. The van der Waals surface area contributed by atoms with Crippen LogP contribution in [0.1, 0.15) is 44.7 Å². The second kappa shape index (κ2) is 6.57. The van der Waals surface area contributed by atoms with Crippen LogP contribution in [0.4, 0.5) is 0 Å². The van der Waals surface area contributed by atoms with Crippen molar-refractivity contribution < 1.29 is 9.53 Å². The molecule has 0 aliphatic heterocycles. The summed E-state index contributed by atoms with van der Waals surface area (Å²) in [6.07, 6.45) is 2.10. The first-order chi connectivity index (χ1) is 8.88. The number of amides is 1.